The smallest absolute Gasteiger partial charge is 0.0941 e. The molecule has 1 aromatic rings. The van der Waals surface area contributed by atoms with Crippen LogP contribution in [0.1, 0.15) is 11.4 Å². The van der Waals surface area contributed by atoms with E-state index in [0.29, 0.717) is 0 Å². The lowest BCUT2D eigenvalue weighted by atomic mass is 10.1. The summed E-state index contributed by atoms with van der Waals surface area (Å²) in [7, 11) is 0. The standard InChI is InChI=1S/C10H9N3/c1-6-7(2)12-13(11-6)10-5-8-3-4-9(8)10/h3-5H,1-2H3. The summed E-state index contributed by atoms with van der Waals surface area (Å²) in [6, 6.07) is 6.30. The van der Waals surface area contributed by atoms with Gasteiger partial charge in [-0.1, -0.05) is 12.1 Å². The lowest BCUT2D eigenvalue weighted by Gasteiger charge is -2.09. The molecule has 0 saturated carbocycles. The van der Waals surface area contributed by atoms with Crippen LogP contribution in [0, 0.1) is 24.3 Å². The van der Waals surface area contributed by atoms with Gasteiger partial charge in [-0.15, -0.1) is 0 Å². The second kappa shape index (κ2) is 1.99. The molecule has 2 aliphatic rings. The molecule has 0 amide bonds. The molecular formula is C10H9N3. The van der Waals surface area contributed by atoms with E-state index in [4.69, 9.17) is 0 Å². The maximum Gasteiger partial charge on any atom is 0.0941 e. The number of rotatable bonds is 1. The third-order valence-electron chi connectivity index (χ3n) is 2.54. The van der Waals surface area contributed by atoms with Crippen molar-refractivity contribution in [3.05, 3.63) is 40.0 Å². The third-order valence-corrected chi connectivity index (χ3v) is 2.54. The minimum absolute atomic E-state index is 0.998. The Morgan fingerprint density at radius 1 is 1.08 bits per heavy atom. The van der Waals surface area contributed by atoms with Crippen LogP contribution in [0.5, 0.6) is 0 Å². The predicted molar refractivity (Wildman–Crippen MR) is 48.5 cm³/mol. The maximum absolute atomic E-state index is 4.32. The highest BCUT2D eigenvalue weighted by Crippen LogP contribution is 2.19. The molecule has 2 aliphatic carbocycles. The molecule has 1 aromatic heterocycles. The second-order valence-corrected chi connectivity index (χ2v) is 3.39. The fourth-order valence-corrected chi connectivity index (χ4v) is 1.49. The number of hydrogen-bond donors (Lipinski definition) is 0. The van der Waals surface area contributed by atoms with Crippen LogP contribution in [0.25, 0.3) is 5.69 Å². The fraction of sp³-hybridized carbons (Fsp3) is 0.200. The Morgan fingerprint density at radius 3 is 2.15 bits per heavy atom. The van der Waals surface area contributed by atoms with E-state index in [0.717, 1.165) is 17.1 Å². The van der Waals surface area contributed by atoms with Crippen molar-refractivity contribution in [3.63, 3.8) is 0 Å². The number of aryl methyl sites for hydroxylation is 2. The van der Waals surface area contributed by atoms with Crippen molar-refractivity contribution in [2.24, 2.45) is 0 Å². The molecule has 3 nitrogen and oxygen atoms in total. The highest BCUT2D eigenvalue weighted by molar-refractivity contribution is 5.43. The van der Waals surface area contributed by atoms with E-state index in [1.54, 1.807) is 4.80 Å². The summed E-state index contributed by atoms with van der Waals surface area (Å²) in [5.41, 5.74) is 3.12. The monoisotopic (exact) mass is 171 g/mol. The van der Waals surface area contributed by atoms with Gasteiger partial charge in [0, 0.05) is 5.22 Å². The highest BCUT2D eigenvalue weighted by atomic mass is 15.5. The molecule has 64 valence electrons. The SMILES string of the molecule is Cc1nn(-c2cc3ccc2=3)nc1C. The van der Waals surface area contributed by atoms with Gasteiger partial charge in [-0.3, -0.25) is 0 Å². The highest BCUT2D eigenvalue weighted by Gasteiger charge is 2.11. The number of nitrogens with zero attached hydrogens (tertiary/aromatic N) is 3. The summed E-state index contributed by atoms with van der Waals surface area (Å²) < 4.78 is 0. The van der Waals surface area contributed by atoms with Gasteiger partial charge >= 0.3 is 0 Å². The molecule has 0 aliphatic heterocycles. The third kappa shape index (κ3) is 0.736. The molecule has 0 atom stereocenters. The molecule has 0 aromatic carbocycles. The van der Waals surface area contributed by atoms with E-state index >= 15 is 0 Å². The van der Waals surface area contributed by atoms with E-state index in [1.807, 2.05) is 13.8 Å². The van der Waals surface area contributed by atoms with Crippen molar-refractivity contribution in [2.75, 3.05) is 0 Å². The maximum atomic E-state index is 4.32. The Hall–Kier alpha value is -1.64. The molecule has 0 unspecified atom stereocenters. The summed E-state index contributed by atoms with van der Waals surface area (Å²) in [5.74, 6) is 0. The molecule has 3 heteroatoms. The van der Waals surface area contributed by atoms with Crippen molar-refractivity contribution in [1.29, 1.82) is 0 Å². The van der Waals surface area contributed by atoms with Crippen LogP contribution >= 0.6 is 0 Å². The van der Waals surface area contributed by atoms with Crippen LogP contribution < -0.4 is 0 Å². The normalized spacial score (nSPS) is 11.8. The zero-order chi connectivity index (χ0) is 9.00. The summed E-state index contributed by atoms with van der Waals surface area (Å²) in [6.07, 6.45) is 0. The molecule has 1 heterocycles. The summed E-state index contributed by atoms with van der Waals surface area (Å²) in [4.78, 5) is 1.72. The summed E-state index contributed by atoms with van der Waals surface area (Å²) in [5, 5.41) is 11.2. The van der Waals surface area contributed by atoms with Gasteiger partial charge in [-0.05, 0) is 25.1 Å². The first-order chi connectivity index (χ1) is 6.25. The van der Waals surface area contributed by atoms with Crippen LogP contribution in [0.2, 0.25) is 0 Å². The number of benzene rings is 1. The van der Waals surface area contributed by atoms with Gasteiger partial charge in [-0.25, -0.2) is 0 Å². The Bertz CT molecular complexity index is 561. The zero-order valence-electron chi connectivity index (χ0n) is 7.57. The van der Waals surface area contributed by atoms with Gasteiger partial charge in [0.1, 0.15) is 0 Å². The van der Waals surface area contributed by atoms with Crippen molar-refractivity contribution in [1.82, 2.24) is 15.0 Å². The van der Waals surface area contributed by atoms with Gasteiger partial charge < -0.3 is 0 Å². The average molecular weight is 171 g/mol. The van der Waals surface area contributed by atoms with Crippen LogP contribution in [-0.2, 0) is 0 Å². The van der Waals surface area contributed by atoms with Crippen LogP contribution in [0.15, 0.2) is 18.2 Å². The van der Waals surface area contributed by atoms with Gasteiger partial charge in [0.05, 0.1) is 17.1 Å². The molecular weight excluding hydrogens is 162 g/mol. The zero-order valence-corrected chi connectivity index (χ0v) is 7.57. The van der Waals surface area contributed by atoms with Gasteiger partial charge in [0.15, 0.2) is 0 Å². The van der Waals surface area contributed by atoms with E-state index < -0.39 is 0 Å². The summed E-state index contributed by atoms with van der Waals surface area (Å²) in [6.45, 7) is 3.95. The molecule has 0 radical (unpaired) electrons. The van der Waals surface area contributed by atoms with Crippen molar-refractivity contribution < 1.29 is 0 Å². The topological polar surface area (TPSA) is 30.7 Å². The molecule has 0 fully saturated rings. The van der Waals surface area contributed by atoms with Crippen LogP contribution in [0.3, 0.4) is 0 Å². The van der Waals surface area contributed by atoms with E-state index in [-0.39, 0.29) is 0 Å². The Kier molecular flexibility index (Phi) is 1.05. The molecule has 0 saturated heterocycles. The minimum atomic E-state index is 0.998. The number of hydrogen-bond acceptors (Lipinski definition) is 2. The summed E-state index contributed by atoms with van der Waals surface area (Å²) >= 11 is 0. The van der Waals surface area contributed by atoms with Gasteiger partial charge in [0.2, 0.25) is 0 Å². The quantitative estimate of drug-likeness (QED) is 0.555. The van der Waals surface area contributed by atoms with Crippen LogP contribution in [-0.4, -0.2) is 15.0 Å². The molecule has 3 rings (SSSR count). The molecule has 13 heavy (non-hydrogen) atoms. The van der Waals surface area contributed by atoms with E-state index in [1.165, 1.54) is 10.4 Å². The van der Waals surface area contributed by atoms with E-state index in [9.17, 15) is 0 Å². The van der Waals surface area contributed by atoms with Crippen molar-refractivity contribution in [3.8, 4) is 5.69 Å². The Morgan fingerprint density at radius 2 is 1.77 bits per heavy atom. The molecule has 0 N–H and O–H groups in total. The van der Waals surface area contributed by atoms with E-state index in [2.05, 4.69) is 28.4 Å². The molecule has 0 spiro atoms. The Balaban J connectivity index is 2.18. The first-order valence-corrected chi connectivity index (χ1v) is 4.31. The van der Waals surface area contributed by atoms with Crippen molar-refractivity contribution >= 4 is 0 Å². The first kappa shape index (κ1) is 6.83. The van der Waals surface area contributed by atoms with Crippen molar-refractivity contribution in [2.45, 2.75) is 13.8 Å². The van der Waals surface area contributed by atoms with Crippen LogP contribution in [0.4, 0.5) is 0 Å². The number of aromatic nitrogens is 3. The lowest BCUT2D eigenvalue weighted by molar-refractivity contribution is 0.730. The largest absolute Gasteiger partial charge is 0.153 e. The second-order valence-electron chi connectivity index (χ2n) is 3.39. The van der Waals surface area contributed by atoms with Gasteiger partial charge in [-0.2, -0.15) is 15.0 Å². The first-order valence-electron chi connectivity index (χ1n) is 4.31. The minimum Gasteiger partial charge on any atom is -0.153 e. The average Bonchev–Trinajstić information content (AvgIpc) is 2.38. The van der Waals surface area contributed by atoms with Gasteiger partial charge in [0.25, 0.3) is 0 Å². The Labute approximate surface area is 75.3 Å². The fourth-order valence-electron chi connectivity index (χ4n) is 1.49. The predicted octanol–water partition coefficient (Wildman–Crippen LogP) is 1.48. The molecule has 0 bridgehead atoms. The lowest BCUT2D eigenvalue weighted by Crippen LogP contribution is -2.05.